The van der Waals surface area contributed by atoms with Crippen LogP contribution in [0.2, 0.25) is 0 Å². The number of fused-ring (bicyclic) bond motifs is 1. The van der Waals surface area contributed by atoms with Crippen molar-refractivity contribution in [3.63, 3.8) is 0 Å². The number of nitrogens with one attached hydrogen (secondary N) is 3. The van der Waals surface area contributed by atoms with Crippen molar-refractivity contribution in [1.29, 1.82) is 0 Å². The number of amides is 1. The first-order chi connectivity index (χ1) is 13.8. The van der Waals surface area contributed by atoms with Gasteiger partial charge in [-0.25, -0.2) is 0 Å². The van der Waals surface area contributed by atoms with Gasteiger partial charge in [0.2, 0.25) is 0 Å². The van der Waals surface area contributed by atoms with Gasteiger partial charge in [0.1, 0.15) is 37.6 Å². The maximum Gasteiger partial charge on any atom is 0.279 e. The lowest BCUT2D eigenvalue weighted by Crippen LogP contribution is -3.28. The molecule has 2 aliphatic rings. The summed E-state index contributed by atoms with van der Waals surface area (Å²) < 4.78 is 8.50. The molecule has 0 aliphatic carbocycles. The van der Waals surface area contributed by atoms with Crippen molar-refractivity contribution in [2.24, 2.45) is 8.73 Å². The fourth-order valence-corrected chi connectivity index (χ4v) is 4.14. The lowest BCUT2D eigenvalue weighted by atomic mass is 10.2. The number of carbonyl (C=O) groups is 1. The molecule has 7 heteroatoms. The van der Waals surface area contributed by atoms with Crippen molar-refractivity contribution in [2.75, 3.05) is 44.6 Å². The molecular formula is C21H25N5OS+2. The lowest BCUT2D eigenvalue weighted by Gasteiger charge is -2.28. The first kappa shape index (κ1) is 18.7. The zero-order valence-electron chi connectivity index (χ0n) is 15.7. The second-order valence-corrected chi connectivity index (χ2v) is 7.71. The molecule has 2 aromatic rings. The van der Waals surface area contributed by atoms with Gasteiger partial charge in [-0.1, -0.05) is 42.5 Å². The largest absolute Gasteiger partial charge is 0.322 e. The molecule has 0 radical (unpaired) electrons. The Bertz CT molecular complexity index is 929. The Kier molecular flexibility index (Phi) is 6.06. The minimum Gasteiger partial charge on any atom is -0.322 e. The number of piperazine rings is 1. The van der Waals surface area contributed by atoms with Crippen LogP contribution < -0.4 is 15.1 Å². The Morgan fingerprint density at radius 1 is 1.00 bits per heavy atom. The molecule has 2 heterocycles. The number of benzene rings is 2. The van der Waals surface area contributed by atoms with Crippen LogP contribution in [0.25, 0.3) is 6.08 Å². The molecule has 0 aromatic heterocycles. The van der Waals surface area contributed by atoms with Crippen LogP contribution in [0.15, 0.2) is 63.3 Å². The van der Waals surface area contributed by atoms with Crippen LogP contribution in [0.4, 0.5) is 17.1 Å². The predicted octanol–water partition coefficient (Wildman–Crippen LogP) is 0.848. The van der Waals surface area contributed by atoms with Gasteiger partial charge in [0, 0.05) is 0 Å². The Morgan fingerprint density at radius 2 is 1.79 bits per heavy atom. The van der Waals surface area contributed by atoms with Gasteiger partial charge in [-0.05, 0) is 23.8 Å². The van der Waals surface area contributed by atoms with Crippen molar-refractivity contribution in [3.8, 4) is 0 Å². The van der Waals surface area contributed by atoms with Gasteiger partial charge >= 0.3 is 0 Å². The van der Waals surface area contributed by atoms with Gasteiger partial charge in [0.25, 0.3) is 5.91 Å². The van der Waals surface area contributed by atoms with Crippen LogP contribution in [-0.2, 0) is 16.1 Å². The molecule has 0 atom stereocenters. The van der Waals surface area contributed by atoms with E-state index in [0.29, 0.717) is 6.54 Å². The highest BCUT2D eigenvalue weighted by atomic mass is 32.1. The summed E-state index contributed by atoms with van der Waals surface area (Å²) in [4.78, 5) is 15.4. The van der Waals surface area contributed by atoms with Gasteiger partial charge in [0.05, 0.1) is 23.6 Å². The maximum absolute atomic E-state index is 12.5. The molecule has 4 rings (SSSR count). The van der Waals surface area contributed by atoms with Gasteiger partial charge < -0.3 is 15.1 Å². The quantitative estimate of drug-likeness (QED) is 0.569. The Balaban J connectivity index is 1.21. The molecule has 3 N–H and O–H groups in total. The van der Waals surface area contributed by atoms with E-state index in [2.05, 4.69) is 50.5 Å². The summed E-state index contributed by atoms with van der Waals surface area (Å²) in [5.41, 5.74) is 3.60. The first-order valence-electron chi connectivity index (χ1n) is 9.68. The van der Waals surface area contributed by atoms with Crippen LogP contribution >= 0.6 is 0 Å². The van der Waals surface area contributed by atoms with Crippen LogP contribution in [0.1, 0.15) is 5.56 Å². The molecular weight excluding hydrogens is 370 g/mol. The third kappa shape index (κ3) is 4.81. The molecule has 6 nitrogen and oxygen atoms in total. The molecule has 144 valence electrons. The predicted molar refractivity (Wildman–Crippen MR) is 113 cm³/mol. The number of hydrogen-bond donors (Lipinski definition) is 3. The summed E-state index contributed by atoms with van der Waals surface area (Å²) in [6, 6.07) is 16.1. The SMILES string of the molecule is O=C(C[NH+]1CC[NH+](C/C=C/c2ccccc2)CC1)Nc1cccc2c1N=S=N2. The average molecular weight is 396 g/mol. The summed E-state index contributed by atoms with van der Waals surface area (Å²) >= 11 is 1.17. The van der Waals surface area contributed by atoms with Crippen molar-refractivity contribution in [2.45, 2.75) is 0 Å². The number of carbonyl (C=O) groups excluding carboxylic acids is 1. The topological polar surface area (TPSA) is 62.7 Å². The molecule has 2 aromatic carbocycles. The van der Waals surface area contributed by atoms with Crippen molar-refractivity contribution in [3.05, 3.63) is 60.2 Å². The van der Waals surface area contributed by atoms with Crippen molar-refractivity contribution in [1.82, 2.24) is 0 Å². The molecule has 1 amide bonds. The smallest absolute Gasteiger partial charge is 0.279 e. The fourth-order valence-electron chi connectivity index (χ4n) is 3.59. The fraction of sp³-hybridized carbons (Fsp3) is 0.286. The highest BCUT2D eigenvalue weighted by Gasteiger charge is 2.24. The van der Waals surface area contributed by atoms with E-state index < -0.39 is 0 Å². The zero-order valence-corrected chi connectivity index (χ0v) is 16.5. The first-order valence-corrected chi connectivity index (χ1v) is 10.4. The third-order valence-electron chi connectivity index (χ3n) is 5.15. The molecule has 1 fully saturated rings. The zero-order chi connectivity index (χ0) is 19.2. The van der Waals surface area contributed by atoms with Crippen LogP contribution in [0, 0.1) is 0 Å². The van der Waals surface area contributed by atoms with Gasteiger partial charge in [-0.2, -0.15) is 8.73 Å². The van der Waals surface area contributed by atoms with Crippen molar-refractivity contribution >= 4 is 40.4 Å². The second kappa shape index (κ2) is 9.05. The highest BCUT2D eigenvalue weighted by Crippen LogP contribution is 2.38. The molecule has 0 bridgehead atoms. The molecule has 2 aliphatic heterocycles. The number of hydrogen-bond acceptors (Lipinski definition) is 3. The van der Waals surface area contributed by atoms with Gasteiger partial charge in [-0.3, -0.25) is 4.79 Å². The summed E-state index contributed by atoms with van der Waals surface area (Å²) in [5, 5.41) is 3.01. The summed E-state index contributed by atoms with van der Waals surface area (Å²) in [7, 11) is 0. The summed E-state index contributed by atoms with van der Waals surface area (Å²) in [6.07, 6.45) is 4.44. The summed E-state index contributed by atoms with van der Waals surface area (Å²) in [5.74, 6) is 0.0444. The van der Waals surface area contributed by atoms with E-state index in [1.165, 1.54) is 21.8 Å². The number of anilines is 1. The number of rotatable bonds is 6. The minimum absolute atomic E-state index is 0.0444. The van der Waals surface area contributed by atoms with E-state index in [4.69, 9.17) is 0 Å². The second-order valence-electron chi connectivity index (χ2n) is 7.18. The van der Waals surface area contributed by atoms with Gasteiger partial charge in [0.15, 0.2) is 6.54 Å². The number of nitrogens with zero attached hydrogens (tertiary/aromatic N) is 2. The lowest BCUT2D eigenvalue weighted by molar-refractivity contribution is -1.01. The molecule has 0 saturated carbocycles. The van der Waals surface area contributed by atoms with Crippen LogP contribution in [-0.4, -0.2) is 45.2 Å². The molecule has 28 heavy (non-hydrogen) atoms. The Labute approximate surface area is 168 Å². The standard InChI is InChI=1S/C21H23N5OS/c27-20(22-18-9-4-10-19-21(18)24-28-23-19)16-26-14-12-25(13-15-26)11-5-8-17-6-2-1-3-7-17/h1-10H,11-16H2,(H,22,27)/p+2/b8-5+. The van der Waals surface area contributed by atoms with E-state index >= 15 is 0 Å². The van der Waals surface area contributed by atoms with Gasteiger partial charge in [-0.15, -0.1) is 0 Å². The van der Waals surface area contributed by atoms with E-state index in [9.17, 15) is 4.79 Å². The average Bonchev–Trinajstić information content (AvgIpc) is 3.20. The Hall–Kier alpha value is -2.61. The van der Waals surface area contributed by atoms with E-state index in [1.54, 1.807) is 4.90 Å². The van der Waals surface area contributed by atoms with Crippen LogP contribution in [0.3, 0.4) is 0 Å². The normalized spacial score (nSPS) is 20.7. The maximum atomic E-state index is 12.5. The molecule has 0 spiro atoms. The summed E-state index contributed by atoms with van der Waals surface area (Å²) in [6.45, 7) is 5.75. The highest BCUT2D eigenvalue weighted by molar-refractivity contribution is 7.58. The monoisotopic (exact) mass is 395 g/mol. The number of quaternary nitrogens is 2. The molecule has 1 saturated heterocycles. The van der Waals surface area contributed by atoms with E-state index in [-0.39, 0.29) is 5.91 Å². The van der Waals surface area contributed by atoms with Crippen molar-refractivity contribution < 1.29 is 14.6 Å². The van der Waals surface area contributed by atoms with E-state index in [1.807, 2.05) is 24.3 Å². The van der Waals surface area contributed by atoms with Crippen LogP contribution in [0.5, 0.6) is 0 Å². The minimum atomic E-state index is 0.0444. The Morgan fingerprint density at radius 3 is 2.61 bits per heavy atom. The molecule has 0 unspecified atom stereocenters. The van der Waals surface area contributed by atoms with E-state index in [0.717, 1.165) is 49.8 Å². The third-order valence-corrected chi connectivity index (χ3v) is 5.69.